The van der Waals surface area contributed by atoms with Crippen molar-refractivity contribution in [1.29, 1.82) is 0 Å². The summed E-state index contributed by atoms with van der Waals surface area (Å²) in [5.74, 6) is 1.22. The Labute approximate surface area is 170 Å². The third kappa shape index (κ3) is 5.30. The highest BCUT2D eigenvalue weighted by atomic mass is 32.1. The predicted molar refractivity (Wildman–Crippen MR) is 113 cm³/mol. The van der Waals surface area contributed by atoms with E-state index in [9.17, 15) is 4.79 Å². The van der Waals surface area contributed by atoms with Crippen LogP contribution in [0.5, 0.6) is 0 Å². The molecule has 0 saturated carbocycles. The van der Waals surface area contributed by atoms with E-state index in [0.717, 1.165) is 30.1 Å². The van der Waals surface area contributed by atoms with E-state index in [0.29, 0.717) is 23.9 Å². The van der Waals surface area contributed by atoms with Gasteiger partial charge in [-0.15, -0.1) is 11.3 Å². The van der Waals surface area contributed by atoms with Crippen molar-refractivity contribution in [3.05, 3.63) is 64.4 Å². The number of hydrogen-bond acceptors (Lipinski definition) is 5. The summed E-state index contributed by atoms with van der Waals surface area (Å²) in [6.07, 6.45) is 0.223. The Morgan fingerprint density at radius 2 is 1.86 bits per heavy atom. The molecule has 0 spiro atoms. The lowest BCUT2D eigenvalue weighted by molar-refractivity contribution is -0.120. The van der Waals surface area contributed by atoms with Crippen LogP contribution in [0.2, 0.25) is 0 Å². The van der Waals surface area contributed by atoms with Crippen molar-refractivity contribution >= 4 is 17.2 Å². The van der Waals surface area contributed by atoms with E-state index in [1.807, 2.05) is 24.4 Å². The molecule has 1 aromatic carbocycles. The van der Waals surface area contributed by atoms with Crippen LogP contribution in [0.25, 0.3) is 10.8 Å². The molecule has 0 saturated heterocycles. The Bertz CT molecular complexity index is 881. The number of aryl methyl sites for hydroxylation is 1. The van der Waals surface area contributed by atoms with Crippen molar-refractivity contribution in [1.82, 2.24) is 15.2 Å². The molecule has 3 aromatic rings. The summed E-state index contributed by atoms with van der Waals surface area (Å²) in [5, 5.41) is 4.95. The monoisotopic (exact) mass is 397 g/mol. The summed E-state index contributed by atoms with van der Waals surface area (Å²) in [6.45, 7) is 9.76. The Balaban J connectivity index is 1.52. The summed E-state index contributed by atoms with van der Waals surface area (Å²) in [5.41, 5.74) is 3.07. The number of thiophene rings is 1. The lowest BCUT2D eigenvalue weighted by atomic mass is 10.1. The van der Waals surface area contributed by atoms with E-state index in [1.54, 1.807) is 11.3 Å². The molecule has 148 valence electrons. The fourth-order valence-corrected chi connectivity index (χ4v) is 3.63. The van der Waals surface area contributed by atoms with Gasteiger partial charge in [0.1, 0.15) is 5.76 Å². The van der Waals surface area contributed by atoms with E-state index >= 15 is 0 Å². The zero-order valence-electron chi connectivity index (χ0n) is 16.7. The number of amides is 1. The number of rotatable bonds is 9. The molecule has 2 aromatic heterocycles. The normalized spacial score (nSPS) is 11.1. The van der Waals surface area contributed by atoms with Gasteiger partial charge >= 0.3 is 0 Å². The zero-order chi connectivity index (χ0) is 19.9. The fraction of sp³-hybridized carbons (Fsp3) is 0.364. The molecule has 0 radical (unpaired) electrons. The highest BCUT2D eigenvalue weighted by molar-refractivity contribution is 7.13. The van der Waals surface area contributed by atoms with E-state index in [1.165, 1.54) is 5.56 Å². The minimum absolute atomic E-state index is 0.0543. The molecule has 3 rings (SSSR count). The van der Waals surface area contributed by atoms with Crippen LogP contribution in [0.1, 0.15) is 36.4 Å². The van der Waals surface area contributed by atoms with Crippen LogP contribution in [0.3, 0.4) is 0 Å². The Morgan fingerprint density at radius 1 is 1.14 bits per heavy atom. The molecule has 0 fully saturated rings. The standard InChI is InChI=1S/C22H27N3O2S/c1-4-25(5-2)15-18-10-8-17(9-11-18)14-23-21(26)13-19-16(3)27-22(24-19)20-7-6-12-28-20/h6-12H,4-5,13-15H2,1-3H3,(H,23,26). The number of hydrogen-bond donors (Lipinski definition) is 1. The van der Waals surface area contributed by atoms with Gasteiger partial charge in [0, 0.05) is 13.1 Å². The van der Waals surface area contributed by atoms with Gasteiger partial charge in [-0.2, -0.15) is 0 Å². The van der Waals surface area contributed by atoms with Crippen LogP contribution in [0, 0.1) is 6.92 Å². The summed E-state index contributed by atoms with van der Waals surface area (Å²) in [7, 11) is 0. The summed E-state index contributed by atoms with van der Waals surface area (Å²) < 4.78 is 5.70. The van der Waals surface area contributed by atoms with Crippen molar-refractivity contribution in [2.45, 2.75) is 40.3 Å². The molecule has 0 aliphatic carbocycles. The first-order chi connectivity index (χ1) is 13.6. The Morgan fingerprint density at radius 3 is 2.50 bits per heavy atom. The van der Waals surface area contributed by atoms with Crippen LogP contribution in [-0.2, 0) is 24.3 Å². The third-order valence-corrected chi connectivity index (χ3v) is 5.62. The van der Waals surface area contributed by atoms with Crippen molar-refractivity contribution in [3.8, 4) is 10.8 Å². The number of oxazole rings is 1. The fourth-order valence-electron chi connectivity index (χ4n) is 2.98. The largest absolute Gasteiger partial charge is 0.440 e. The predicted octanol–water partition coefficient (Wildman–Crippen LogP) is 4.41. The number of carbonyl (C=O) groups excluding carboxylic acids is 1. The average molecular weight is 398 g/mol. The molecule has 1 amide bonds. The first-order valence-corrected chi connectivity index (χ1v) is 10.5. The number of carbonyl (C=O) groups is 1. The molecule has 0 unspecified atom stereocenters. The second kappa shape index (κ2) is 9.66. The first kappa shape index (κ1) is 20.3. The Kier molecular flexibility index (Phi) is 7.01. The maximum Gasteiger partial charge on any atom is 0.236 e. The van der Waals surface area contributed by atoms with E-state index in [4.69, 9.17) is 4.42 Å². The maximum atomic E-state index is 12.3. The van der Waals surface area contributed by atoms with Gasteiger partial charge in [0.25, 0.3) is 0 Å². The minimum atomic E-state index is -0.0543. The Hall–Kier alpha value is -2.44. The molecule has 2 heterocycles. The van der Waals surface area contributed by atoms with Gasteiger partial charge in [0.05, 0.1) is 17.0 Å². The van der Waals surface area contributed by atoms with Crippen LogP contribution in [0.15, 0.2) is 46.2 Å². The number of benzene rings is 1. The highest BCUT2D eigenvalue weighted by Gasteiger charge is 2.15. The van der Waals surface area contributed by atoms with Gasteiger partial charge < -0.3 is 9.73 Å². The SMILES string of the molecule is CCN(CC)Cc1ccc(CNC(=O)Cc2nc(-c3cccs3)oc2C)cc1. The third-order valence-electron chi connectivity index (χ3n) is 4.77. The quantitative estimate of drug-likeness (QED) is 0.581. The number of nitrogens with one attached hydrogen (secondary N) is 1. The average Bonchev–Trinajstić information content (AvgIpc) is 3.36. The van der Waals surface area contributed by atoms with Crippen LogP contribution >= 0.6 is 11.3 Å². The van der Waals surface area contributed by atoms with Crippen LogP contribution in [0.4, 0.5) is 0 Å². The molecule has 0 bridgehead atoms. The molecular formula is C22H27N3O2S. The molecule has 1 N–H and O–H groups in total. The van der Waals surface area contributed by atoms with E-state index in [2.05, 4.69) is 53.3 Å². The second-order valence-electron chi connectivity index (χ2n) is 6.73. The van der Waals surface area contributed by atoms with Crippen LogP contribution in [-0.4, -0.2) is 28.9 Å². The van der Waals surface area contributed by atoms with Crippen molar-refractivity contribution < 1.29 is 9.21 Å². The van der Waals surface area contributed by atoms with Gasteiger partial charge in [0.2, 0.25) is 11.8 Å². The van der Waals surface area contributed by atoms with E-state index in [-0.39, 0.29) is 12.3 Å². The van der Waals surface area contributed by atoms with Crippen molar-refractivity contribution in [2.75, 3.05) is 13.1 Å². The molecule has 28 heavy (non-hydrogen) atoms. The number of aromatic nitrogens is 1. The van der Waals surface area contributed by atoms with Crippen molar-refractivity contribution in [3.63, 3.8) is 0 Å². The second-order valence-corrected chi connectivity index (χ2v) is 7.68. The van der Waals surface area contributed by atoms with Gasteiger partial charge in [-0.25, -0.2) is 4.98 Å². The van der Waals surface area contributed by atoms with Gasteiger partial charge in [-0.05, 0) is 42.6 Å². The van der Waals surface area contributed by atoms with Crippen molar-refractivity contribution in [2.24, 2.45) is 0 Å². The molecule has 0 aliphatic rings. The summed E-state index contributed by atoms with van der Waals surface area (Å²) in [6, 6.07) is 12.3. The molecule has 6 heteroatoms. The maximum absolute atomic E-state index is 12.3. The van der Waals surface area contributed by atoms with E-state index < -0.39 is 0 Å². The lowest BCUT2D eigenvalue weighted by Gasteiger charge is -2.18. The number of nitrogens with zero attached hydrogens (tertiary/aromatic N) is 2. The molecule has 0 atom stereocenters. The summed E-state index contributed by atoms with van der Waals surface area (Å²) in [4.78, 5) is 20.2. The summed E-state index contributed by atoms with van der Waals surface area (Å²) >= 11 is 1.57. The molecule has 0 aliphatic heterocycles. The smallest absolute Gasteiger partial charge is 0.236 e. The van der Waals surface area contributed by atoms with Gasteiger partial charge in [-0.1, -0.05) is 44.2 Å². The zero-order valence-corrected chi connectivity index (χ0v) is 17.5. The van der Waals surface area contributed by atoms with Crippen LogP contribution < -0.4 is 5.32 Å². The van der Waals surface area contributed by atoms with Gasteiger partial charge in [0.15, 0.2) is 0 Å². The first-order valence-electron chi connectivity index (χ1n) is 9.66. The lowest BCUT2D eigenvalue weighted by Crippen LogP contribution is -2.25. The van der Waals surface area contributed by atoms with Gasteiger partial charge in [-0.3, -0.25) is 9.69 Å². The topological polar surface area (TPSA) is 58.4 Å². The minimum Gasteiger partial charge on any atom is -0.440 e. The molecular weight excluding hydrogens is 370 g/mol. The molecule has 5 nitrogen and oxygen atoms in total. The highest BCUT2D eigenvalue weighted by Crippen LogP contribution is 2.26.